The molecule has 2 aliphatic rings. The van der Waals surface area contributed by atoms with Crippen LogP contribution >= 0.6 is 0 Å². The first-order chi connectivity index (χ1) is 7.74. The molecule has 0 spiro atoms. The van der Waals surface area contributed by atoms with Gasteiger partial charge in [-0.15, -0.1) is 0 Å². The highest BCUT2D eigenvalue weighted by Gasteiger charge is 2.50. The molecule has 4 atom stereocenters. The van der Waals surface area contributed by atoms with Crippen molar-refractivity contribution < 1.29 is 10.2 Å². The summed E-state index contributed by atoms with van der Waals surface area (Å²) in [6.07, 6.45) is 5.80. The number of aliphatic hydroxyl groups is 2. The average Bonchev–Trinajstić information content (AvgIpc) is 2.39. The van der Waals surface area contributed by atoms with E-state index in [2.05, 4.69) is 19.9 Å². The van der Waals surface area contributed by atoms with Gasteiger partial charge >= 0.3 is 0 Å². The van der Waals surface area contributed by atoms with Crippen LogP contribution in [0.3, 0.4) is 0 Å². The smallest absolute Gasteiger partial charge is 0.0686 e. The molecule has 0 aromatic carbocycles. The predicted molar refractivity (Wildman–Crippen MR) is 69.6 cm³/mol. The first-order valence-electron chi connectivity index (χ1n) is 6.89. The van der Waals surface area contributed by atoms with Crippen LogP contribution in [0.15, 0.2) is 11.6 Å². The summed E-state index contributed by atoms with van der Waals surface area (Å²) in [5.74, 6) is 0.854. The van der Waals surface area contributed by atoms with Gasteiger partial charge in [-0.2, -0.15) is 0 Å². The Morgan fingerprint density at radius 2 is 1.82 bits per heavy atom. The van der Waals surface area contributed by atoms with E-state index in [1.54, 1.807) is 0 Å². The molecule has 2 nitrogen and oxygen atoms in total. The Morgan fingerprint density at radius 3 is 2.41 bits per heavy atom. The molecule has 98 valence electrons. The molecular formula is C15H26O2. The van der Waals surface area contributed by atoms with Gasteiger partial charge in [0.05, 0.1) is 11.2 Å². The molecule has 0 amide bonds. The molecule has 2 aliphatic carbocycles. The Bertz CT molecular complexity index is 326. The van der Waals surface area contributed by atoms with Crippen molar-refractivity contribution in [2.45, 2.75) is 64.6 Å². The lowest BCUT2D eigenvalue weighted by molar-refractivity contribution is -0.0419. The summed E-state index contributed by atoms with van der Waals surface area (Å²) in [7, 11) is 0. The maximum atomic E-state index is 10.6. The number of fused-ring (bicyclic) bond motifs is 1. The van der Waals surface area contributed by atoms with Crippen LogP contribution in [0.1, 0.15) is 53.4 Å². The fourth-order valence-corrected chi connectivity index (χ4v) is 3.60. The molecule has 1 fully saturated rings. The van der Waals surface area contributed by atoms with Crippen molar-refractivity contribution in [2.24, 2.45) is 17.8 Å². The van der Waals surface area contributed by atoms with Crippen LogP contribution < -0.4 is 0 Å². The van der Waals surface area contributed by atoms with Crippen molar-refractivity contribution in [1.82, 2.24) is 0 Å². The van der Waals surface area contributed by atoms with Gasteiger partial charge in [0.1, 0.15) is 0 Å². The lowest BCUT2D eigenvalue weighted by Crippen LogP contribution is -2.40. The maximum absolute atomic E-state index is 10.6. The summed E-state index contributed by atoms with van der Waals surface area (Å²) in [6, 6.07) is 0. The fraction of sp³-hybridized carbons (Fsp3) is 0.867. The largest absolute Gasteiger partial charge is 0.390 e. The zero-order chi connectivity index (χ0) is 12.8. The van der Waals surface area contributed by atoms with Crippen LogP contribution in [0.25, 0.3) is 0 Å². The SMILES string of the molecule is CC(C)C1=C[C@@H]2[C@@H](CC[C@]2(C)O)[C@@](C)(O)CC1. The van der Waals surface area contributed by atoms with E-state index in [9.17, 15) is 10.2 Å². The maximum Gasteiger partial charge on any atom is 0.0686 e. The summed E-state index contributed by atoms with van der Waals surface area (Å²) in [5, 5.41) is 21.1. The summed E-state index contributed by atoms with van der Waals surface area (Å²) in [6.45, 7) is 8.27. The molecule has 0 aliphatic heterocycles. The summed E-state index contributed by atoms with van der Waals surface area (Å²) >= 11 is 0. The van der Waals surface area contributed by atoms with Gasteiger partial charge in [0.15, 0.2) is 0 Å². The van der Waals surface area contributed by atoms with Crippen LogP contribution in [0.2, 0.25) is 0 Å². The molecule has 0 bridgehead atoms. The van der Waals surface area contributed by atoms with Gasteiger partial charge in [-0.25, -0.2) is 0 Å². The Hall–Kier alpha value is -0.340. The lowest BCUT2D eigenvalue weighted by Gasteiger charge is -2.34. The fourth-order valence-electron chi connectivity index (χ4n) is 3.60. The third kappa shape index (κ3) is 2.30. The van der Waals surface area contributed by atoms with Crippen molar-refractivity contribution in [3.63, 3.8) is 0 Å². The number of hydrogen-bond donors (Lipinski definition) is 2. The van der Waals surface area contributed by atoms with Gasteiger partial charge < -0.3 is 10.2 Å². The highest BCUT2D eigenvalue weighted by Crippen LogP contribution is 2.50. The van der Waals surface area contributed by atoms with E-state index in [0.29, 0.717) is 5.92 Å². The Labute approximate surface area is 105 Å². The first-order valence-corrected chi connectivity index (χ1v) is 6.89. The zero-order valence-electron chi connectivity index (χ0n) is 11.5. The topological polar surface area (TPSA) is 40.5 Å². The van der Waals surface area contributed by atoms with Crippen LogP contribution in [0, 0.1) is 17.8 Å². The third-order valence-electron chi connectivity index (χ3n) is 4.97. The van der Waals surface area contributed by atoms with Crippen molar-refractivity contribution in [3.8, 4) is 0 Å². The van der Waals surface area contributed by atoms with E-state index >= 15 is 0 Å². The quantitative estimate of drug-likeness (QED) is 0.690. The lowest BCUT2D eigenvalue weighted by atomic mass is 9.77. The van der Waals surface area contributed by atoms with Gasteiger partial charge in [-0.05, 0) is 51.4 Å². The van der Waals surface area contributed by atoms with Gasteiger partial charge in [-0.1, -0.05) is 25.5 Å². The predicted octanol–water partition coefficient (Wildman–Crippen LogP) is 2.89. The van der Waals surface area contributed by atoms with E-state index in [4.69, 9.17) is 0 Å². The van der Waals surface area contributed by atoms with Crippen molar-refractivity contribution in [2.75, 3.05) is 0 Å². The molecule has 1 saturated carbocycles. The molecule has 0 heterocycles. The van der Waals surface area contributed by atoms with E-state index in [1.807, 2.05) is 13.8 Å². The van der Waals surface area contributed by atoms with Crippen LogP contribution in [0.5, 0.6) is 0 Å². The Morgan fingerprint density at radius 1 is 1.18 bits per heavy atom. The molecular weight excluding hydrogens is 212 g/mol. The Kier molecular flexibility index (Phi) is 3.16. The van der Waals surface area contributed by atoms with Gasteiger partial charge in [-0.3, -0.25) is 0 Å². The zero-order valence-corrected chi connectivity index (χ0v) is 11.5. The number of rotatable bonds is 1. The molecule has 0 radical (unpaired) electrons. The molecule has 17 heavy (non-hydrogen) atoms. The normalized spacial score (nSPS) is 46.6. The third-order valence-corrected chi connectivity index (χ3v) is 4.97. The number of allylic oxidation sites excluding steroid dienone is 1. The molecule has 0 saturated heterocycles. The Balaban J connectivity index is 2.37. The van der Waals surface area contributed by atoms with Gasteiger partial charge in [0.2, 0.25) is 0 Å². The highest BCUT2D eigenvalue weighted by molar-refractivity contribution is 5.19. The molecule has 0 unspecified atom stereocenters. The van der Waals surface area contributed by atoms with Gasteiger partial charge in [0.25, 0.3) is 0 Å². The van der Waals surface area contributed by atoms with E-state index in [-0.39, 0.29) is 11.8 Å². The highest BCUT2D eigenvalue weighted by atomic mass is 16.3. The number of hydrogen-bond acceptors (Lipinski definition) is 2. The minimum Gasteiger partial charge on any atom is -0.390 e. The minimum atomic E-state index is -0.640. The minimum absolute atomic E-state index is 0.123. The van der Waals surface area contributed by atoms with Crippen LogP contribution in [-0.4, -0.2) is 21.4 Å². The summed E-state index contributed by atoms with van der Waals surface area (Å²) < 4.78 is 0. The summed E-state index contributed by atoms with van der Waals surface area (Å²) in [5.41, 5.74) is 0.136. The van der Waals surface area contributed by atoms with Gasteiger partial charge in [0, 0.05) is 5.92 Å². The molecule has 2 N–H and O–H groups in total. The second kappa shape index (κ2) is 4.10. The standard InChI is InChI=1S/C15H26O2/c1-10(2)11-5-7-14(3,16)12-6-8-15(4,17)13(12)9-11/h9-10,12-13,16-17H,5-8H2,1-4H3/t12-,13-,14+,15+/m1/s1. The van der Waals surface area contributed by atoms with E-state index < -0.39 is 11.2 Å². The van der Waals surface area contributed by atoms with Crippen molar-refractivity contribution >= 4 is 0 Å². The van der Waals surface area contributed by atoms with Crippen molar-refractivity contribution in [3.05, 3.63) is 11.6 Å². The first kappa shape index (κ1) is 13.1. The summed E-state index contributed by atoms with van der Waals surface area (Å²) in [4.78, 5) is 0. The van der Waals surface area contributed by atoms with Crippen LogP contribution in [0.4, 0.5) is 0 Å². The molecule has 0 aromatic heterocycles. The average molecular weight is 238 g/mol. The second-order valence-corrected chi connectivity index (χ2v) is 6.78. The van der Waals surface area contributed by atoms with Crippen molar-refractivity contribution in [1.29, 1.82) is 0 Å². The second-order valence-electron chi connectivity index (χ2n) is 6.78. The monoisotopic (exact) mass is 238 g/mol. The van der Waals surface area contributed by atoms with E-state index in [1.165, 1.54) is 5.57 Å². The van der Waals surface area contributed by atoms with Crippen LogP contribution in [-0.2, 0) is 0 Å². The molecule has 0 aromatic rings. The molecule has 2 rings (SSSR count). The molecule has 2 heteroatoms. The van der Waals surface area contributed by atoms with E-state index in [0.717, 1.165) is 25.7 Å².